The van der Waals surface area contributed by atoms with Crippen molar-refractivity contribution in [3.05, 3.63) is 35.5 Å². The fourth-order valence-corrected chi connectivity index (χ4v) is 6.71. The Kier molecular flexibility index (Phi) is 8.15. The number of aromatic nitrogens is 4. The summed E-state index contributed by atoms with van der Waals surface area (Å²) in [6.45, 7) is 0.589. The lowest BCUT2D eigenvalue weighted by atomic mass is 9.72. The van der Waals surface area contributed by atoms with Crippen LogP contribution in [0.1, 0.15) is 55.7 Å². The molecule has 3 aliphatic rings. The molecule has 6 unspecified atom stereocenters. The van der Waals surface area contributed by atoms with Crippen molar-refractivity contribution in [2.45, 2.75) is 81.5 Å². The molecule has 0 bridgehead atoms. The van der Waals surface area contributed by atoms with Gasteiger partial charge in [0.1, 0.15) is 6.17 Å². The second-order valence-corrected chi connectivity index (χ2v) is 11.9. The Morgan fingerprint density at radius 2 is 1.98 bits per heavy atom. The summed E-state index contributed by atoms with van der Waals surface area (Å²) >= 11 is 0. The van der Waals surface area contributed by atoms with Crippen molar-refractivity contribution in [1.82, 2.24) is 29.5 Å². The minimum Gasteiger partial charge on any atom is -0.378 e. The van der Waals surface area contributed by atoms with E-state index in [1.807, 2.05) is 0 Å². The van der Waals surface area contributed by atoms with Crippen LogP contribution in [0.25, 0.3) is 0 Å². The summed E-state index contributed by atoms with van der Waals surface area (Å²) in [7, 11) is 4.73. The normalized spacial score (nSPS) is 30.3. The number of carbonyl (C=O) groups excluding carboxylic acids is 1. The van der Waals surface area contributed by atoms with Crippen molar-refractivity contribution in [2.75, 3.05) is 13.7 Å². The molecular formula is C27H39F4N7O2. The Morgan fingerprint density at radius 3 is 2.60 bits per heavy atom. The van der Waals surface area contributed by atoms with Gasteiger partial charge in [-0.3, -0.25) is 14.9 Å². The summed E-state index contributed by atoms with van der Waals surface area (Å²) in [6.07, 6.45) is 2.36. The molecule has 0 radical (unpaired) electrons. The van der Waals surface area contributed by atoms with Crippen LogP contribution in [-0.2, 0) is 36.3 Å². The Balaban J connectivity index is 1.38. The fraction of sp³-hybridized carbons (Fsp3) is 0.741. The second-order valence-electron chi connectivity index (χ2n) is 11.9. The molecule has 222 valence electrons. The van der Waals surface area contributed by atoms with Crippen LogP contribution in [0.4, 0.5) is 17.6 Å². The van der Waals surface area contributed by atoms with E-state index in [-0.39, 0.29) is 54.0 Å². The number of nitrogens with zero attached hydrogens (tertiary/aromatic N) is 4. The number of hydrogen-bond donors (Lipinski definition) is 3. The van der Waals surface area contributed by atoms with E-state index in [0.29, 0.717) is 25.8 Å². The van der Waals surface area contributed by atoms with Crippen LogP contribution in [0.5, 0.6) is 0 Å². The first kappa shape index (κ1) is 28.8. The average molecular weight is 570 g/mol. The number of hydrogen-bond acceptors (Lipinski definition) is 5. The number of alkyl halides is 4. The number of imidazole rings is 1. The number of ether oxygens (including phenoxy) is 1. The number of carbonyl (C=O) groups is 1. The van der Waals surface area contributed by atoms with Crippen LogP contribution in [0, 0.1) is 23.2 Å². The van der Waals surface area contributed by atoms with Gasteiger partial charge in [-0.25, -0.2) is 4.39 Å². The lowest BCUT2D eigenvalue weighted by Gasteiger charge is -2.39. The summed E-state index contributed by atoms with van der Waals surface area (Å²) in [6, 6.07) is -0.326. The first-order valence-electron chi connectivity index (χ1n) is 14.0. The van der Waals surface area contributed by atoms with Crippen molar-refractivity contribution < 1.29 is 27.1 Å². The van der Waals surface area contributed by atoms with E-state index in [0.717, 1.165) is 12.8 Å². The van der Waals surface area contributed by atoms with E-state index < -0.39 is 36.0 Å². The highest BCUT2D eigenvalue weighted by Gasteiger charge is 2.45. The predicted molar refractivity (Wildman–Crippen MR) is 138 cm³/mol. The Hall–Kier alpha value is -2.67. The van der Waals surface area contributed by atoms with Crippen LogP contribution < -0.4 is 16.3 Å². The molecule has 3 fully saturated rings. The first-order valence-corrected chi connectivity index (χ1v) is 14.0. The van der Waals surface area contributed by atoms with Crippen molar-refractivity contribution in [2.24, 2.45) is 31.8 Å². The zero-order chi connectivity index (χ0) is 28.8. The monoisotopic (exact) mass is 569 g/mol. The maximum Gasteiger partial charge on any atom is 0.435 e. The molecule has 2 aromatic rings. The Labute approximate surface area is 230 Å². The van der Waals surface area contributed by atoms with E-state index in [1.165, 1.54) is 25.0 Å². The molecule has 1 amide bonds. The summed E-state index contributed by atoms with van der Waals surface area (Å²) in [5.41, 5.74) is -0.496. The minimum atomic E-state index is -4.60. The molecule has 40 heavy (non-hydrogen) atoms. The molecule has 2 aliphatic carbocycles. The van der Waals surface area contributed by atoms with Crippen molar-refractivity contribution in [1.29, 1.82) is 5.41 Å². The van der Waals surface area contributed by atoms with E-state index in [2.05, 4.69) is 15.7 Å². The molecule has 5 rings (SSSR count). The van der Waals surface area contributed by atoms with Gasteiger partial charge in [-0.15, -0.1) is 0 Å². The van der Waals surface area contributed by atoms with E-state index in [4.69, 9.17) is 10.1 Å². The van der Waals surface area contributed by atoms with Gasteiger partial charge in [-0.1, -0.05) is 0 Å². The number of halogens is 4. The first-order chi connectivity index (χ1) is 18.9. The van der Waals surface area contributed by atoms with Crippen LogP contribution in [0.3, 0.4) is 0 Å². The molecule has 2 saturated carbocycles. The van der Waals surface area contributed by atoms with Gasteiger partial charge in [0.05, 0.1) is 6.10 Å². The number of amides is 1. The number of nitrogens with one attached hydrogen (secondary N) is 3. The molecule has 3 N–H and O–H groups in total. The van der Waals surface area contributed by atoms with E-state index in [9.17, 15) is 22.4 Å². The minimum absolute atomic E-state index is 0.107. The van der Waals surface area contributed by atoms with Gasteiger partial charge in [0.2, 0.25) is 11.5 Å². The third kappa shape index (κ3) is 6.14. The molecule has 13 heteroatoms. The molecule has 9 nitrogen and oxygen atoms in total. The Bertz CT molecular complexity index is 1250. The lowest BCUT2D eigenvalue weighted by molar-refractivity contribution is -0.142. The smallest absolute Gasteiger partial charge is 0.378 e. The highest BCUT2D eigenvalue weighted by atomic mass is 19.4. The second kappa shape index (κ2) is 11.3. The van der Waals surface area contributed by atoms with Crippen LogP contribution in [0.2, 0.25) is 0 Å². The largest absolute Gasteiger partial charge is 0.435 e. The quantitative estimate of drug-likeness (QED) is 0.426. The molecule has 2 aromatic heterocycles. The van der Waals surface area contributed by atoms with Gasteiger partial charge in [0.15, 0.2) is 5.69 Å². The van der Waals surface area contributed by atoms with E-state index >= 15 is 0 Å². The molecule has 7 atom stereocenters. The molecule has 3 heterocycles. The molecule has 1 aliphatic heterocycles. The Morgan fingerprint density at radius 1 is 1.23 bits per heavy atom. The maximum absolute atomic E-state index is 14.3. The van der Waals surface area contributed by atoms with Crippen molar-refractivity contribution in [3.63, 3.8) is 0 Å². The topological polar surface area (TPSA) is 102 Å². The molecule has 1 saturated heterocycles. The van der Waals surface area contributed by atoms with Gasteiger partial charge in [-0.05, 0) is 56.3 Å². The number of methoxy groups -OCH3 is 1. The van der Waals surface area contributed by atoms with Crippen LogP contribution >= 0.6 is 0 Å². The zero-order valence-corrected chi connectivity index (χ0v) is 23.1. The summed E-state index contributed by atoms with van der Waals surface area (Å²) in [5.74, 6) is -1.00. The third-order valence-electron chi connectivity index (χ3n) is 8.91. The third-order valence-corrected chi connectivity index (χ3v) is 8.91. The van der Waals surface area contributed by atoms with Gasteiger partial charge in [0.25, 0.3) is 0 Å². The zero-order valence-electron chi connectivity index (χ0n) is 23.1. The summed E-state index contributed by atoms with van der Waals surface area (Å²) in [5, 5.41) is 18.5. The lowest BCUT2D eigenvalue weighted by Crippen LogP contribution is -2.59. The van der Waals surface area contributed by atoms with Gasteiger partial charge < -0.3 is 24.5 Å². The standard InChI is InChI=1S/C27H39F4N7O2/c1-36-6-7-38(26(36)32)13-15-8-17(19-14-37(2)35-24(19)27(29,30)31)10-18(9-15)25(39)34-23(16-4-5-16)21-11-22(40-3)20(28)12-33-21/h6-7,14-18,20-23,32-33H,4-5,8-13H2,1-3H3,(H,34,39)/t15?,17?,18?,20?,21?,22?,23-/m0/s1. The molecule has 0 spiro atoms. The average Bonchev–Trinajstić information content (AvgIpc) is 3.60. The summed E-state index contributed by atoms with van der Waals surface area (Å²) in [4.78, 5) is 13.8. The van der Waals surface area contributed by atoms with Crippen molar-refractivity contribution >= 4 is 5.91 Å². The number of aryl methyl sites for hydroxylation is 2. The summed E-state index contributed by atoms with van der Waals surface area (Å²) < 4.78 is 65.9. The predicted octanol–water partition coefficient (Wildman–Crippen LogP) is 2.87. The number of piperidine rings is 1. The molecular weight excluding hydrogens is 530 g/mol. The SMILES string of the molecule is COC1CC([C@@H](NC(=O)C2CC(Cn3ccn(C)c3=N)CC(c3cn(C)nc3C(F)(F)F)C2)C2CC2)NCC1F. The number of rotatable bonds is 8. The maximum atomic E-state index is 14.3. The van der Waals surface area contributed by atoms with Crippen LogP contribution in [-0.4, -0.2) is 62.8 Å². The van der Waals surface area contributed by atoms with Gasteiger partial charge >= 0.3 is 6.18 Å². The molecule has 0 aromatic carbocycles. The van der Waals surface area contributed by atoms with E-state index in [1.54, 1.807) is 28.6 Å². The van der Waals surface area contributed by atoms with Gasteiger partial charge in [-0.2, -0.15) is 18.3 Å². The van der Waals surface area contributed by atoms with Crippen LogP contribution in [0.15, 0.2) is 18.6 Å². The van der Waals surface area contributed by atoms with Crippen molar-refractivity contribution in [3.8, 4) is 0 Å². The van der Waals surface area contributed by atoms with Gasteiger partial charge in [0, 0.05) is 76.5 Å². The fourth-order valence-electron chi connectivity index (χ4n) is 6.71. The highest BCUT2D eigenvalue weighted by Crippen LogP contribution is 2.44. The highest BCUT2D eigenvalue weighted by molar-refractivity contribution is 5.79.